The number of nitrogens with one attached hydrogen (secondary N) is 3. The molecular weight excluding hydrogens is 404 g/mol. The number of anilines is 3. The number of carbonyl (C=O) groups is 1. The molecule has 5 rings (SSSR count). The fourth-order valence-electron chi connectivity index (χ4n) is 4.44. The quantitative estimate of drug-likeness (QED) is 0.494. The normalized spacial score (nSPS) is 16.8. The van der Waals surface area contributed by atoms with Gasteiger partial charge in [0, 0.05) is 37.1 Å². The first kappa shape index (κ1) is 20.1. The number of fused-ring (bicyclic) bond motifs is 1. The van der Waals surface area contributed by atoms with Crippen molar-refractivity contribution < 1.29 is 9.90 Å². The van der Waals surface area contributed by atoms with Crippen LogP contribution in [0.15, 0.2) is 48.2 Å². The number of H-pyrrole nitrogens is 1. The first-order valence-corrected chi connectivity index (χ1v) is 10.9. The van der Waals surface area contributed by atoms with E-state index in [4.69, 9.17) is 5.41 Å². The Labute approximate surface area is 186 Å². The molecule has 3 heterocycles. The second-order valence-electron chi connectivity index (χ2n) is 8.32. The van der Waals surface area contributed by atoms with Crippen molar-refractivity contribution in [3.8, 4) is 0 Å². The topological polar surface area (TPSA) is 108 Å². The van der Waals surface area contributed by atoms with Gasteiger partial charge in [-0.3, -0.25) is 10.2 Å². The fraction of sp³-hybridized carbons (Fsp3) is 0.292. The fourth-order valence-corrected chi connectivity index (χ4v) is 4.44. The Bertz CT molecular complexity index is 1220. The Morgan fingerprint density at radius 3 is 2.53 bits per heavy atom. The van der Waals surface area contributed by atoms with E-state index in [1.54, 1.807) is 17.0 Å². The molecular formula is C24H26N6O2. The summed E-state index contributed by atoms with van der Waals surface area (Å²) in [6.45, 7) is 3.79. The minimum Gasteiger partial charge on any atom is -0.509 e. The number of hydrogen-bond donors (Lipinski definition) is 4. The van der Waals surface area contributed by atoms with E-state index in [9.17, 15) is 9.90 Å². The van der Waals surface area contributed by atoms with Gasteiger partial charge >= 0.3 is 0 Å². The number of aromatic nitrogens is 2. The lowest BCUT2D eigenvalue weighted by molar-refractivity contribution is -0.114. The number of imidazole rings is 1. The van der Waals surface area contributed by atoms with Gasteiger partial charge in [-0.15, -0.1) is 0 Å². The maximum absolute atomic E-state index is 11.2. The summed E-state index contributed by atoms with van der Waals surface area (Å²) < 4.78 is 0. The van der Waals surface area contributed by atoms with Gasteiger partial charge in [0.2, 0.25) is 5.91 Å². The maximum Gasteiger partial charge on any atom is 0.221 e. The summed E-state index contributed by atoms with van der Waals surface area (Å²) >= 11 is 0. The number of amides is 1. The Hall–Kier alpha value is -3.81. The molecule has 0 radical (unpaired) electrons. The molecule has 1 amide bonds. The number of aromatic amines is 1. The van der Waals surface area contributed by atoms with Gasteiger partial charge in [-0.2, -0.15) is 0 Å². The number of aliphatic hydroxyl groups excluding tert-OH is 1. The molecule has 0 aliphatic carbocycles. The van der Waals surface area contributed by atoms with Crippen LogP contribution < -0.4 is 15.1 Å². The number of carbonyl (C=O) groups excluding carboxylic acids is 1. The second-order valence-corrected chi connectivity index (χ2v) is 8.32. The van der Waals surface area contributed by atoms with Crippen LogP contribution in [0.4, 0.5) is 17.1 Å². The lowest BCUT2D eigenvalue weighted by Crippen LogP contribution is -2.29. The van der Waals surface area contributed by atoms with Crippen molar-refractivity contribution in [3.63, 3.8) is 0 Å². The number of benzene rings is 2. The van der Waals surface area contributed by atoms with Crippen LogP contribution >= 0.6 is 0 Å². The Morgan fingerprint density at radius 1 is 1.09 bits per heavy atom. The summed E-state index contributed by atoms with van der Waals surface area (Å²) in [4.78, 5) is 23.3. The third-order valence-corrected chi connectivity index (χ3v) is 6.03. The summed E-state index contributed by atoms with van der Waals surface area (Å²) in [6.07, 6.45) is 3.71. The molecule has 0 unspecified atom stereocenters. The van der Waals surface area contributed by atoms with E-state index >= 15 is 0 Å². The van der Waals surface area contributed by atoms with Crippen molar-refractivity contribution in [1.82, 2.24) is 9.97 Å². The van der Waals surface area contributed by atoms with Crippen molar-refractivity contribution in [2.24, 2.45) is 0 Å². The summed E-state index contributed by atoms with van der Waals surface area (Å²) in [6, 6.07) is 13.4. The van der Waals surface area contributed by atoms with Gasteiger partial charge in [-0.25, -0.2) is 4.98 Å². The molecule has 8 heteroatoms. The molecule has 1 aromatic heterocycles. The van der Waals surface area contributed by atoms with E-state index in [0.29, 0.717) is 17.1 Å². The summed E-state index contributed by atoms with van der Waals surface area (Å²) in [5.74, 6) is 0.651. The standard InChI is InChI=1S/C24H26N6O2/c1-15(31)26-16-5-7-17(8-6-16)30-14-21(32)22(23(30)25)24-27-19-10-9-18(13-20(19)28-24)29-11-3-2-4-12-29/h5-10,13,25,32H,2-4,11-12,14H2,1H3,(H,26,31)(H,27,28). The molecule has 8 nitrogen and oxygen atoms in total. The van der Waals surface area contributed by atoms with Crippen LogP contribution in [0.1, 0.15) is 32.0 Å². The lowest BCUT2D eigenvalue weighted by atomic mass is 10.1. The number of nitrogens with zero attached hydrogens (tertiary/aromatic N) is 3. The van der Waals surface area contributed by atoms with Gasteiger partial charge in [0.25, 0.3) is 0 Å². The van der Waals surface area contributed by atoms with Crippen LogP contribution in [0.5, 0.6) is 0 Å². The van der Waals surface area contributed by atoms with Crippen molar-refractivity contribution in [3.05, 3.63) is 54.0 Å². The SMILES string of the molecule is CC(=O)Nc1ccc(N2CC(O)=C(c3nc4ccc(N5CCCCC5)cc4[nH]3)C2=N)cc1. The van der Waals surface area contributed by atoms with Crippen LogP contribution in [0.3, 0.4) is 0 Å². The van der Waals surface area contributed by atoms with Gasteiger partial charge in [0.15, 0.2) is 0 Å². The minimum absolute atomic E-state index is 0.108. The summed E-state index contributed by atoms with van der Waals surface area (Å²) in [5, 5.41) is 22.1. The predicted octanol–water partition coefficient (Wildman–Crippen LogP) is 4.28. The Kier molecular flexibility index (Phi) is 5.05. The molecule has 2 aromatic carbocycles. The molecule has 3 aromatic rings. The third kappa shape index (κ3) is 3.68. The van der Waals surface area contributed by atoms with Crippen LogP contribution in [-0.4, -0.2) is 46.5 Å². The highest BCUT2D eigenvalue weighted by Crippen LogP contribution is 2.32. The van der Waals surface area contributed by atoms with Crippen LogP contribution in [-0.2, 0) is 4.79 Å². The number of hydrogen-bond acceptors (Lipinski definition) is 5. The van der Waals surface area contributed by atoms with Crippen molar-refractivity contribution in [1.29, 1.82) is 5.41 Å². The zero-order valence-electron chi connectivity index (χ0n) is 18.0. The number of aliphatic hydroxyl groups is 1. The molecule has 2 aliphatic rings. The highest BCUT2D eigenvalue weighted by atomic mass is 16.3. The van der Waals surface area contributed by atoms with E-state index in [0.717, 1.165) is 29.8 Å². The third-order valence-electron chi connectivity index (χ3n) is 6.03. The molecule has 0 atom stereocenters. The highest BCUT2D eigenvalue weighted by molar-refractivity contribution is 6.30. The van der Waals surface area contributed by atoms with E-state index in [2.05, 4.69) is 32.3 Å². The molecule has 0 bridgehead atoms. The molecule has 1 saturated heterocycles. The average molecular weight is 431 g/mol. The van der Waals surface area contributed by atoms with Gasteiger partial charge in [-0.1, -0.05) is 0 Å². The zero-order valence-corrected chi connectivity index (χ0v) is 18.0. The number of amidine groups is 1. The van der Waals surface area contributed by atoms with E-state index in [-0.39, 0.29) is 24.0 Å². The molecule has 2 aliphatic heterocycles. The zero-order chi connectivity index (χ0) is 22.2. The number of piperidine rings is 1. The molecule has 32 heavy (non-hydrogen) atoms. The smallest absolute Gasteiger partial charge is 0.221 e. The predicted molar refractivity (Wildman–Crippen MR) is 128 cm³/mol. The molecule has 0 spiro atoms. The Balaban J connectivity index is 1.40. The maximum atomic E-state index is 11.2. The largest absolute Gasteiger partial charge is 0.509 e. The van der Waals surface area contributed by atoms with Crippen LogP contribution in [0, 0.1) is 5.41 Å². The first-order chi connectivity index (χ1) is 15.5. The molecule has 4 N–H and O–H groups in total. The van der Waals surface area contributed by atoms with Gasteiger partial charge < -0.3 is 25.2 Å². The summed E-state index contributed by atoms with van der Waals surface area (Å²) in [5.41, 5.74) is 4.74. The van der Waals surface area contributed by atoms with Crippen LogP contribution in [0.25, 0.3) is 16.6 Å². The lowest BCUT2D eigenvalue weighted by Gasteiger charge is -2.28. The average Bonchev–Trinajstić information content (AvgIpc) is 3.33. The first-order valence-electron chi connectivity index (χ1n) is 10.9. The molecule has 164 valence electrons. The highest BCUT2D eigenvalue weighted by Gasteiger charge is 2.31. The molecule has 0 saturated carbocycles. The van der Waals surface area contributed by atoms with Gasteiger partial charge in [0.05, 0.1) is 23.2 Å². The second kappa shape index (κ2) is 8.03. The summed E-state index contributed by atoms with van der Waals surface area (Å²) in [7, 11) is 0. The van der Waals surface area contributed by atoms with E-state index < -0.39 is 0 Å². The van der Waals surface area contributed by atoms with Crippen molar-refractivity contribution in [2.75, 3.05) is 34.8 Å². The van der Waals surface area contributed by atoms with E-state index in [1.807, 2.05) is 18.2 Å². The van der Waals surface area contributed by atoms with Crippen LogP contribution in [0.2, 0.25) is 0 Å². The van der Waals surface area contributed by atoms with Gasteiger partial charge in [0.1, 0.15) is 17.4 Å². The number of rotatable bonds is 4. The van der Waals surface area contributed by atoms with Crippen molar-refractivity contribution >= 4 is 45.4 Å². The molecule has 1 fully saturated rings. The van der Waals surface area contributed by atoms with E-state index in [1.165, 1.54) is 31.9 Å². The minimum atomic E-state index is -0.137. The van der Waals surface area contributed by atoms with Gasteiger partial charge in [-0.05, 0) is 61.7 Å². The van der Waals surface area contributed by atoms with Crippen molar-refractivity contribution in [2.45, 2.75) is 26.2 Å². The Morgan fingerprint density at radius 2 is 1.81 bits per heavy atom. The monoisotopic (exact) mass is 430 g/mol.